The molecule has 5 nitrogen and oxygen atoms in total. The van der Waals surface area contributed by atoms with Crippen LogP contribution in [0.25, 0.3) is 0 Å². The highest BCUT2D eigenvalue weighted by Crippen LogP contribution is 2.29. The molecule has 0 radical (unpaired) electrons. The predicted molar refractivity (Wildman–Crippen MR) is 65.2 cm³/mol. The van der Waals surface area contributed by atoms with Gasteiger partial charge in [0.15, 0.2) is 5.69 Å². The number of carboxylic acids is 1. The van der Waals surface area contributed by atoms with E-state index in [2.05, 4.69) is 10.2 Å². The minimum Gasteiger partial charge on any atom is -0.478 e. The maximum Gasteiger partial charge on any atom is 0.435 e. The lowest BCUT2D eigenvalue weighted by atomic mass is 10.1. The number of ether oxygens (including phenoxy) is 1. The number of carbonyl (C=O) groups is 1. The molecule has 110 valence electrons. The summed E-state index contributed by atoms with van der Waals surface area (Å²) in [6, 6.07) is 6.09. The molecule has 0 aliphatic rings. The fraction of sp³-hybridized carbons (Fsp3) is 0.154. The van der Waals surface area contributed by atoms with E-state index in [4.69, 9.17) is 9.84 Å². The van der Waals surface area contributed by atoms with Crippen molar-refractivity contribution in [3.8, 4) is 11.6 Å². The van der Waals surface area contributed by atoms with Crippen LogP contribution in [-0.4, -0.2) is 21.3 Å². The van der Waals surface area contributed by atoms with Gasteiger partial charge >= 0.3 is 12.1 Å². The van der Waals surface area contributed by atoms with Gasteiger partial charge in [-0.25, -0.2) is 4.79 Å². The van der Waals surface area contributed by atoms with Gasteiger partial charge in [0.25, 0.3) is 0 Å². The van der Waals surface area contributed by atoms with Crippen LogP contribution in [0.1, 0.15) is 21.6 Å². The Labute approximate surface area is 117 Å². The summed E-state index contributed by atoms with van der Waals surface area (Å²) in [7, 11) is 0. The van der Waals surface area contributed by atoms with Gasteiger partial charge < -0.3 is 9.84 Å². The smallest absolute Gasteiger partial charge is 0.435 e. The zero-order valence-electron chi connectivity index (χ0n) is 10.7. The first kappa shape index (κ1) is 14.8. The molecule has 0 saturated carbocycles. The normalized spacial score (nSPS) is 11.2. The lowest BCUT2D eigenvalue weighted by Crippen LogP contribution is -2.09. The van der Waals surface area contributed by atoms with Crippen molar-refractivity contribution in [3.63, 3.8) is 0 Å². The Morgan fingerprint density at radius 3 is 2.43 bits per heavy atom. The summed E-state index contributed by atoms with van der Waals surface area (Å²) in [4.78, 5) is 11.0. The van der Waals surface area contributed by atoms with E-state index in [-0.39, 0.29) is 17.2 Å². The topological polar surface area (TPSA) is 72.3 Å². The molecule has 8 heteroatoms. The van der Waals surface area contributed by atoms with Crippen molar-refractivity contribution in [1.82, 2.24) is 10.2 Å². The van der Waals surface area contributed by atoms with E-state index in [9.17, 15) is 18.0 Å². The fourth-order valence-electron chi connectivity index (χ4n) is 1.60. The molecule has 1 aromatic carbocycles. The zero-order valence-corrected chi connectivity index (χ0v) is 10.7. The molecule has 1 aromatic heterocycles. The highest BCUT2D eigenvalue weighted by atomic mass is 19.4. The van der Waals surface area contributed by atoms with Crippen LogP contribution < -0.4 is 4.74 Å². The van der Waals surface area contributed by atoms with Crippen LogP contribution in [0.4, 0.5) is 13.2 Å². The molecule has 2 rings (SSSR count). The molecule has 2 aromatic rings. The number of carboxylic acid groups (broad SMARTS) is 1. The van der Waals surface area contributed by atoms with Gasteiger partial charge in [0, 0.05) is 11.6 Å². The van der Waals surface area contributed by atoms with Gasteiger partial charge in [-0.3, -0.25) is 0 Å². The molecule has 0 bridgehead atoms. The van der Waals surface area contributed by atoms with E-state index in [0.717, 1.165) is 12.1 Å². The number of hydrogen-bond acceptors (Lipinski definition) is 4. The van der Waals surface area contributed by atoms with Crippen molar-refractivity contribution in [1.29, 1.82) is 0 Å². The monoisotopic (exact) mass is 298 g/mol. The van der Waals surface area contributed by atoms with Crippen molar-refractivity contribution >= 4 is 5.97 Å². The number of nitrogens with zero attached hydrogens (tertiary/aromatic N) is 2. The van der Waals surface area contributed by atoms with Crippen molar-refractivity contribution in [2.45, 2.75) is 13.1 Å². The van der Waals surface area contributed by atoms with Gasteiger partial charge in [-0.05, 0) is 25.1 Å². The summed E-state index contributed by atoms with van der Waals surface area (Å²) >= 11 is 0. The van der Waals surface area contributed by atoms with Gasteiger partial charge in [0.05, 0.1) is 5.56 Å². The quantitative estimate of drug-likeness (QED) is 0.941. The first-order valence-corrected chi connectivity index (χ1v) is 5.70. The van der Waals surface area contributed by atoms with Gasteiger partial charge in [-0.15, -0.1) is 10.2 Å². The number of benzene rings is 1. The number of alkyl halides is 3. The predicted octanol–water partition coefficient (Wildman–Crippen LogP) is 3.29. The van der Waals surface area contributed by atoms with E-state index in [1.807, 2.05) is 0 Å². The Morgan fingerprint density at radius 1 is 1.19 bits per heavy atom. The lowest BCUT2D eigenvalue weighted by molar-refractivity contribution is -0.141. The Bertz CT molecular complexity index is 669. The van der Waals surface area contributed by atoms with Crippen molar-refractivity contribution < 1.29 is 27.8 Å². The van der Waals surface area contributed by atoms with Crippen LogP contribution in [-0.2, 0) is 6.18 Å². The average molecular weight is 298 g/mol. The molecule has 1 N–H and O–H groups in total. The SMILES string of the molecule is Cc1c(Oc2ccc(C(F)(F)F)nn2)cccc1C(=O)O. The highest BCUT2D eigenvalue weighted by molar-refractivity contribution is 5.90. The molecule has 0 unspecified atom stereocenters. The number of hydrogen-bond donors (Lipinski definition) is 1. The third-order valence-electron chi connectivity index (χ3n) is 2.66. The van der Waals surface area contributed by atoms with Gasteiger partial charge in [-0.2, -0.15) is 13.2 Å². The Hall–Kier alpha value is -2.64. The molecule has 0 saturated heterocycles. The largest absolute Gasteiger partial charge is 0.478 e. The number of halogens is 3. The van der Waals surface area contributed by atoms with Crippen LogP contribution in [0.15, 0.2) is 30.3 Å². The fourth-order valence-corrected chi connectivity index (χ4v) is 1.60. The minimum atomic E-state index is -4.58. The second-order valence-corrected chi connectivity index (χ2v) is 4.09. The third-order valence-corrected chi connectivity index (χ3v) is 2.66. The van der Waals surface area contributed by atoms with Gasteiger partial charge in [-0.1, -0.05) is 6.07 Å². The van der Waals surface area contributed by atoms with E-state index in [0.29, 0.717) is 5.56 Å². The summed E-state index contributed by atoms with van der Waals surface area (Å²) in [5, 5.41) is 15.3. The molecule has 1 heterocycles. The first-order chi connectivity index (χ1) is 9.79. The van der Waals surface area contributed by atoms with Crippen LogP contribution in [0.3, 0.4) is 0 Å². The maximum absolute atomic E-state index is 12.3. The van der Waals surface area contributed by atoms with Gasteiger partial charge in [0.2, 0.25) is 5.88 Å². The van der Waals surface area contributed by atoms with Crippen molar-refractivity contribution in [2.24, 2.45) is 0 Å². The van der Waals surface area contributed by atoms with E-state index < -0.39 is 17.8 Å². The Morgan fingerprint density at radius 2 is 1.90 bits per heavy atom. The summed E-state index contributed by atoms with van der Waals surface area (Å²) in [5.41, 5.74) is -0.759. The molecule has 0 spiro atoms. The van der Waals surface area contributed by atoms with Gasteiger partial charge in [0.1, 0.15) is 5.75 Å². The molecule has 0 atom stereocenters. The molecule has 0 amide bonds. The Balaban J connectivity index is 2.27. The number of aromatic carboxylic acids is 1. The van der Waals surface area contributed by atoms with Crippen LogP contribution in [0.5, 0.6) is 11.6 Å². The average Bonchev–Trinajstić information content (AvgIpc) is 2.40. The van der Waals surface area contributed by atoms with Crippen molar-refractivity contribution in [2.75, 3.05) is 0 Å². The molecule has 21 heavy (non-hydrogen) atoms. The Kier molecular flexibility index (Phi) is 3.79. The molecule has 0 fully saturated rings. The summed E-state index contributed by atoms with van der Waals surface area (Å²) in [6.07, 6.45) is -4.58. The minimum absolute atomic E-state index is 0.0346. The second-order valence-electron chi connectivity index (χ2n) is 4.09. The lowest BCUT2D eigenvalue weighted by Gasteiger charge is -2.10. The van der Waals surface area contributed by atoms with Crippen molar-refractivity contribution in [3.05, 3.63) is 47.2 Å². The summed E-state index contributed by atoms with van der Waals surface area (Å²) < 4.78 is 42.3. The van der Waals surface area contributed by atoms with Crippen LogP contribution >= 0.6 is 0 Å². The second kappa shape index (κ2) is 5.39. The van der Waals surface area contributed by atoms with E-state index in [1.165, 1.54) is 25.1 Å². The van der Waals surface area contributed by atoms with Crippen LogP contribution in [0, 0.1) is 6.92 Å². The maximum atomic E-state index is 12.3. The molecule has 0 aliphatic carbocycles. The number of rotatable bonds is 3. The number of aromatic nitrogens is 2. The van der Waals surface area contributed by atoms with Crippen LogP contribution in [0.2, 0.25) is 0 Å². The molecular weight excluding hydrogens is 289 g/mol. The molecule has 0 aliphatic heterocycles. The zero-order chi connectivity index (χ0) is 15.6. The summed E-state index contributed by atoms with van der Waals surface area (Å²) in [6.45, 7) is 1.52. The standard InChI is InChI=1S/C13H9F3N2O3/c1-7-8(12(19)20)3-2-4-9(7)21-11-6-5-10(17-18-11)13(14,15)16/h2-6H,1H3,(H,19,20). The highest BCUT2D eigenvalue weighted by Gasteiger charge is 2.33. The molecular formula is C13H9F3N2O3. The summed E-state index contributed by atoms with van der Waals surface area (Å²) in [5.74, 6) is -1.10. The third kappa shape index (κ3) is 3.28. The first-order valence-electron chi connectivity index (χ1n) is 5.70. The van der Waals surface area contributed by atoms with E-state index in [1.54, 1.807) is 0 Å². The van der Waals surface area contributed by atoms with E-state index >= 15 is 0 Å².